The van der Waals surface area contributed by atoms with Crippen molar-refractivity contribution < 1.29 is 9.32 Å². The Bertz CT molecular complexity index is 755. The van der Waals surface area contributed by atoms with E-state index < -0.39 is 5.54 Å². The topological polar surface area (TPSA) is 85.2 Å². The van der Waals surface area contributed by atoms with E-state index in [0.717, 1.165) is 36.3 Å². The monoisotopic (exact) mass is 344 g/mol. The predicted octanol–water partition coefficient (Wildman–Crippen LogP) is 2.48. The first-order valence-electron chi connectivity index (χ1n) is 8.30. The molecule has 1 fully saturated rings. The average molecular weight is 344 g/mol. The Morgan fingerprint density at radius 3 is 2.92 bits per heavy atom. The van der Waals surface area contributed by atoms with Crippen LogP contribution in [0.3, 0.4) is 0 Å². The van der Waals surface area contributed by atoms with Crippen LogP contribution >= 0.6 is 11.8 Å². The van der Waals surface area contributed by atoms with E-state index in [-0.39, 0.29) is 5.91 Å². The summed E-state index contributed by atoms with van der Waals surface area (Å²) in [6.07, 6.45) is 4.56. The number of nitrogens with zero attached hydrogens (tertiary/aromatic N) is 3. The Morgan fingerprint density at radius 2 is 2.08 bits per heavy atom. The lowest BCUT2D eigenvalue weighted by Crippen LogP contribution is -2.37. The van der Waals surface area contributed by atoms with Crippen LogP contribution in [0, 0.1) is 0 Å². The zero-order valence-corrected chi connectivity index (χ0v) is 14.2. The molecule has 0 spiro atoms. The van der Waals surface area contributed by atoms with Gasteiger partial charge in [-0.25, -0.2) is 0 Å². The first-order valence-corrected chi connectivity index (χ1v) is 9.28. The van der Waals surface area contributed by atoms with Crippen molar-refractivity contribution in [2.75, 3.05) is 17.2 Å². The summed E-state index contributed by atoms with van der Waals surface area (Å²) in [6, 6.07) is 7.97. The normalized spacial score (nSPS) is 19.5. The number of hydrogen-bond donors (Lipinski definition) is 1. The predicted molar refractivity (Wildman–Crippen MR) is 91.9 cm³/mol. The van der Waals surface area contributed by atoms with E-state index in [4.69, 9.17) is 10.3 Å². The maximum Gasteiger partial charge on any atom is 0.237 e. The van der Waals surface area contributed by atoms with E-state index in [1.54, 1.807) is 11.8 Å². The van der Waals surface area contributed by atoms with Crippen LogP contribution in [0.4, 0.5) is 5.69 Å². The van der Waals surface area contributed by atoms with Crippen LogP contribution in [0.25, 0.3) is 0 Å². The molecule has 2 aromatic rings. The molecule has 1 aromatic carbocycles. The smallest absolute Gasteiger partial charge is 0.237 e. The zero-order valence-electron chi connectivity index (χ0n) is 13.4. The van der Waals surface area contributed by atoms with E-state index in [0.29, 0.717) is 30.4 Å². The molecule has 126 valence electrons. The van der Waals surface area contributed by atoms with Crippen LogP contribution < -0.4 is 10.6 Å². The number of para-hydroxylation sites is 1. The SMILES string of the molecule is NC1(c2noc(CCN3C(=O)CSc4ccccc43)n2)CCCC1. The lowest BCUT2D eigenvalue weighted by molar-refractivity contribution is -0.116. The molecule has 1 aliphatic carbocycles. The molecule has 0 bridgehead atoms. The minimum Gasteiger partial charge on any atom is -0.339 e. The van der Waals surface area contributed by atoms with Crippen molar-refractivity contribution in [1.82, 2.24) is 10.1 Å². The maximum atomic E-state index is 12.3. The molecule has 0 radical (unpaired) electrons. The molecule has 6 nitrogen and oxygen atoms in total. The van der Waals surface area contributed by atoms with E-state index in [9.17, 15) is 4.79 Å². The maximum absolute atomic E-state index is 12.3. The largest absolute Gasteiger partial charge is 0.339 e. The van der Waals surface area contributed by atoms with E-state index in [1.165, 1.54) is 0 Å². The average Bonchev–Trinajstić information content (AvgIpc) is 3.24. The van der Waals surface area contributed by atoms with Gasteiger partial charge in [0.15, 0.2) is 5.82 Å². The number of aromatic nitrogens is 2. The fourth-order valence-corrected chi connectivity index (χ4v) is 4.33. The minimum atomic E-state index is -0.439. The van der Waals surface area contributed by atoms with E-state index in [1.807, 2.05) is 29.2 Å². The van der Waals surface area contributed by atoms with Crippen LogP contribution in [0.15, 0.2) is 33.7 Å². The van der Waals surface area contributed by atoms with Crippen molar-refractivity contribution in [1.29, 1.82) is 0 Å². The van der Waals surface area contributed by atoms with Gasteiger partial charge in [0.05, 0.1) is 17.0 Å². The highest BCUT2D eigenvalue weighted by Crippen LogP contribution is 2.36. The number of thioether (sulfide) groups is 1. The summed E-state index contributed by atoms with van der Waals surface area (Å²) in [7, 11) is 0. The lowest BCUT2D eigenvalue weighted by atomic mass is 9.99. The Hall–Kier alpha value is -1.86. The van der Waals surface area contributed by atoms with Crippen LogP contribution in [0.1, 0.15) is 37.4 Å². The number of carbonyl (C=O) groups is 1. The first kappa shape index (κ1) is 15.7. The molecule has 7 heteroatoms. The van der Waals surface area contributed by atoms with Crippen molar-refractivity contribution in [3.8, 4) is 0 Å². The number of hydrogen-bond acceptors (Lipinski definition) is 6. The van der Waals surface area contributed by atoms with Gasteiger partial charge >= 0.3 is 0 Å². The highest BCUT2D eigenvalue weighted by molar-refractivity contribution is 8.00. The summed E-state index contributed by atoms with van der Waals surface area (Å²) in [5.41, 5.74) is 6.89. The van der Waals surface area contributed by atoms with Gasteiger partial charge in [0.1, 0.15) is 0 Å². The molecule has 4 rings (SSSR count). The summed E-state index contributed by atoms with van der Waals surface area (Å²) < 4.78 is 5.37. The second-order valence-corrected chi connectivity index (χ2v) is 7.44. The second kappa shape index (κ2) is 6.22. The fourth-order valence-electron chi connectivity index (χ4n) is 3.39. The molecule has 1 saturated carbocycles. The van der Waals surface area contributed by atoms with Gasteiger partial charge in [0, 0.05) is 17.9 Å². The molecule has 2 heterocycles. The van der Waals surface area contributed by atoms with E-state index in [2.05, 4.69) is 10.1 Å². The molecule has 1 aliphatic heterocycles. The van der Waals surface area contributed by atoms with Gasteiger partial charge < -0.3 is 15.2 Å². The minimum absolute atomic E-state index is 0.115. The molecular weight excluding hydrogens is 324 g/mol. The number of amides is 1. The quantitative estimate of drug-likeness (QED) is 0.917. The van der Waals surface area contributed by atoms with Gasteiger partial charge in [-0.05, 0) is 25.0 Å². The Morgan fingerprint density at radius 1 is 1.29 bits per heavy atom. The summed E-state index contributed by atoms with van der Waals surface area (Å²) in [5.74, 6) is 1.74. The van der Waals surface area contributed by atoms with Gasteiger partial charge in [0.25, 0.3) is 0 Å². The molecule has 24 heavy (non-hydrogen) atoms. The van der Waals surface area contributed by atoms with Crippen LogP contribution in [-0.2, 0) is 16.8 Å². The van der Waals surface area contributed by atoms with Gasteiger partial charge in [-0.3, -0.25) is 4.79 Å². The van der Waals surface area contributed by atoms with E-state index >= 15 is 0 Å². The third-order valence-corrected chi connectivity index (χ3v) is 5.81. The first-order chi connectivity index (χ1) is 11.7. The van der Waals surface area contributed by atoms with Crippen molar-refractivity contribution in [3.63, 3.8) is 0 Å². The van der Waals surface area contributed by atoms with Crippen LogP contribution in [-0.4, -0.2) is 28.3 Å². The van der Waals surface area contributed by atoms with Gasteiger partial charge in [-0.2, -0.15) is 4.98 Å². The number of fused-ring (bicyclic) bond motifs is 1. The third-order valence-electron chi connectivity index (χ3n) is 4.77. The van der Waals surface area contributed by atoms with Crippen molar-refractivity contribution in [3.05, 3.63) is 36.0 Å². The number of anilines is 1. The Kier molecular flexibility index (Phi) is 4.05. The molecule has 1 aromatic heterocycles. The highest BCUT2D eigenvalue weighted by atomic mass is 32.2. The summed E-state index contributed by atoms with van der Waals surface area (Å²) >= 11 is 1.58. The fraction of sp³-hybridized carbons (Fsp3) is 0.471. The molecule has 0 saturated heterocycles. The summed E-state index contributed by atoms with van der Waals surface area (Å²) in [4.78, 5) is 19.7. The van der Waals surface area contributed by atoms with Crippen molar-refractivity contribution in [2.45, 2.75) is 42.5 Å². The summed E-state index contributed by atoms with van der Waals surface area (Å²) in [5, 5.41) is 4.08. The van der Waals surface area contributed by atoms with Crippen LogP contribution in [0.2, 0.25) is 0 Å². The number of carbonyl (C=O) groups excluding carboxylic acids is 1. The number of nitrogens with two attached hydrogens (primary N) is 1. The van der Waals surface area contributed by atoms with Crippen LogP contribution in [0.5, 0.6) is 0 Å². The third kappa shape index (κ3) is 2.82. The van der Waals surface area contributed by atoms with Crippen molar-refractivity contribution in [2.24, 2.45) is 5.73 Å². The molecule has 2 aliphatic rings. The molecule has 0 atom stereocenters. The van der Waals surface area contributed by atoms with Gasteiger partial charge in [-0.1, -0.05) is 30.1 Å². The van der Waals surface area contributed by atoms with Gasteiger partial charge in [0.2, 0.25) is 11.8 Å². The number of rotatable bonds is 4. The number of benzene rings is 1. The zero-order chi connectivity index (χ0) is 16.6. The molecule has 1 amide bonds. The lowest BCUT2D eigenvalue weighted by Gasteiger charge is -2.28. The highest BCUT2D eigenvalue weighted by Gasteiger charge is 2.36. The second-order valence-electron chi connectivity index (χ2n) is 6.43. The molecular formula is C17H20N4O2S. The Balaban J connectivity index is 1.48. The Labute approximate surface area is 144 Å². The van der Waals surface area contributed by atoms with Crippen molar-refractivity contribution >= 4 is 23.4 Å². The summed E-state index contributed by atoms with van der Waals surface area (Å²) in [6.45, 7) is 0.537. The van der Waals surface area contributed by atoms with Gasteiger partial charge in [-0.15, -0.1) is 11.8 Å². The standard InChI is InChI=1S/C17H20N4O2S/c18-17(8-3-4-9-17)16-19-14(23-20-16)7-10-21-12-5-1-2-6-13(12)24-11-15(21)22/h1-2,5-6H,3-4,7-11,18H2. The molecule has 0 unspecified atom stereocenters. The molecule has 2 N–H and O–H groups in total.